The average molecular weight is 521 g/mol. The first kappa shape index (κ1) is 22.6. The van der Waals surface area contributed by atoms with Crippen molar-refractivity contribution in [3.05, 3.63) is 54.1 Å². The molecule has 0 bridgehead atoms. The van der Waals surface area contributed by atoms with Gasteiger partial charge in [-0.1, -0.05) is 6.07 Å². The Hall–Kier alpha value is -4.63. The highest BCUT2D eigenvalue weighted by Gasteiger charge is 2.91. The van der Waals surface area contributed by atoms with Gasteiger partial charge in [0.25, 0.3) is 0 Å². The summed E-state index contributed by atoms with van der Waals surface area (Å²) in [6.07, 6.45) is 3.67. The van der Waals surface area contributed by atoms with E-state index >= 15 is 0 Å². The minimum absolute atomic E-state index is 0.184. The SMILES string of the molecule is O=C(O)C1N2C(C(=O)O)C12Cc1ccn(-c2cccc(-n3ccc(CC45C(C(=O)O)N4C5C(=O)O)n3)n2)n1. The van der Waals surface area contributed by atoms with Crippen LogP contribution in [0.4, 0.5) is 0 Å². The molecule has 15 heteroatoms. The van der Waals surface area contributed by atoms with Gasteiger partial charge in [0.2, 0.25) is 0 Å². The van der Waals surface area contributed by atoms with Crippen molar-refractivity contribution in [3.63, 3.8) is 0 Å². The average Bonchev–Trinajstić information content (AvgIpc) is 3.76. The van der Waals surface area contributed by atoms with Gasteiger partial charge in [0.15, 0.2) is 11.6 Å². The fourth-order valence-electron chi connectivity index (χ4n) is 6.23. The maximum atomic E-state index is 11.4. The molecule has 0 radical (unpaired) electrons. The van der Waals surface area contributed by atoms with Crippen molar-refractivity contribution >= 4 is 23.9 Å². The molecule has 0 amide bonds. The molecular formula is C23H19N7O8. The van der Waals surface area contributed by atoms with Crippen LogP contribution in [0, 0.1) is 0 Å². The first-order chi connectivity index (χ1) is 18.1. The van der Waals surface area contributed by atoms with E-state index in [1.54, 1.807) is 42.7 Å². The Morgan fingerprint density at radius 3 is 1.37 bits per heavy atom. The summed E-state index contributed by atoms with van der Waals surface area (Å²) in [6, 6.07) is 5.26. The minimum Gasteiger partial charge on any atom is -0.480 e. The molecule has 15 nitrogen and oxygen atoms in total. The zero-order valence-electron chi connectivity index (χ0n) is 19.3. The lowest BCUT2D eigenvalue weighted by Crippen LogP contribution is -2.37. The number of nitrogens with zero attached hydrogens (tertiary/aromatic N) is 7. The Balaban J connectivity index is 1.08. The van der Waals surface area contributed by atoms with Crippen LogP contribution in [0.1, 0.15) is 11.4 Å². The maximum Gasteiger partial charge on any atom is 0.323 e. The van der Waals surface area contributed by atoms with Gasteiger partial charge in [-0.2, -0.15) is 10.2 Å². The van der Waals surface area contributed by atoms with Gasteiger partial charge in [0.1, 0.15) is 24.2 Å². The highest BCUT2D eigenvalue weighted by atomic mass is 16.4. The van der Waals surface area contributed by atoms with E-state index in [0.29, 0.717) is 23.0 Å². The fourth-order valence-corrected chi connectivity index (χ4v) is 6.23. The molecule has 194 valence electrons. The lowest BCUT2D eigenvalue weighted by molar-refractivity contribution is -0.144. The van der Waals surface area contributed by atoms with Crippen LogP contribution in [0.2, 0.25) is 0 Å². The molecule has 0 aliphatic carbocycles. The smallest absolute Gasteiger partial charge is 0.323 e. The highest BCUT2D eigenvalue weighted by Crippen LogP contribution is 2.65. The lowest BCUT2D eigenvalue weighted by atomic mass is 9.95. The van der Waals surface area contributed by atoms with E-state index in [-0.39, 0.29) is 12.8 Å². The van der Waals surface area contributed by atoms with Gasteiger partial charge < -0.3 is 20.4 Å². The van der Waals surface area contributed by atoms with Crippen molar-refractivity contribution in [1.29, 1.82) is 0 Å². The summed E-state index contributed by atoms with van der Waals surface area (Å²) in [5.41, 5.74) is -0.797. The number of pyridine rings is 1. The van der Waals surface area contributed by atoms with Crippen molar-refractivity contribution in [3.8, 4) is 11.6 Å². The molecule has 4 aliphatic heterocycles. The van der Waals surface area contributed by atoms with Gasteiger partial charge in [-0.3, -0.25) is 29.0 Å². The molecule has 7 rings (SSSR count). The summed E-state index contributed by atoms with van der Waals surface area (Å²) < 4.78 is 3.00. The Morgan fingerprint density at radius 1 is 0.658 bits per heavy atom. The molecule has 3 aromatic rings. The largest absolute Gasteiger partial charge is 0.480 e. The zero-order chi connectivity index (χ0) is 26.7. The number of aliphatic carboxylic acids is 4. The number of fused-ring (bicyclic) bond motifs is 2. The molecule has 4 atom stereocenters. The summed E-state index contributed by atoms with van der Waals surface area (Å²) in [4.78, 5) is 53.1. The normalized spacial score (nSPS) is 35.1. The molecule has 4 fully saturated rings. The van der Waals surface area contributed by atoms with Crippen LogP contribution in [-0.4, -0.2) is 114 Å². The molecular weight excluding hydrogens is 502 g/mol. The third kappa shape index (κ3) is 2.82. The fraction of sp³-hybridized carbons (Fsp3) is 0.348. The number of rotatable bonds is 10. The summed E-state index contributed by atoms with van der Waals surface area (Å²) in [5.74, 6) is -3.32. The van der Waals surface area contributed by atoms with Crippen molar-refractivity contribution in [2.75, 3.05) is 0 Å². The molecule has 4 unspecified atom stereocenters. The maximum absolute atomic E-state index is 11.4. The van der Waals surface area contributed by atoms with Gasteiger partial charge in [-0.25, -0.2) is 14.3 Å². The van der Waals surface area contributed by atoms with Gasteiger partial charge in [-0.05, 0) is 24.3 Å². The van der Waals surface area contributed by atoms with Crippen LogP contribution in [0.5, 0.6) is 0 Å². The third-order valence-corrected chi connectivity index (χ3v) is 8.04. The second-order valence-corrected chi connectivity index (χ2v) is 9.97. The predicted molar refractivity (Wildman–Crippen MR) is 121 cm³/mol. The highest BCUT2D eigenvalue weighted by molar-refractivity contribution is 5.95. The van der Waals surface area contributed by atoms with Crippen LogP contribution < -0.4 is 0 Å². The number of carbonyl (C=O) groups is 4. The van der Waals surface area contributed by atoms with Crippen molar-refractivity contribution in [2.24, 2.45) is 0 Å². The Bertz CT molecular complexity index is 1420. The topological polar surface area (TPSA) is 204 Å². The molecule has 4 aliphatic rings. The van der Waals surface area contributed by atoms with E-state index in [0.717, 1.165) is 0 Å². The number of aromatic nitrogens is 5. The van der Waals surface area contributed by atoms with E-state index in [1.165, 1.54) is 19.2 Å². The molecule has 0 aromatic carbocycles. The summed E-state index contributed by atoms with van der Waals surface area (Å²) in [6.45, 7) is 0. The molecule has 0 spiro atoms. The predicted octanol–water partition coefficient (Wildman–Crippen LogP) is -1.51. The second-order valence-electron chi connectivity index (χ2n) is 9.97. The summed E-state index contributed by atoms with van der Waals surface area (Å²) >= 11 is 0. The Labute approximate surface area is 212 Å². The first-order valence-corrected chi connectivity index (χ1v) is 11.7. The molecule has 4 saturated heterocycles. The van der Waals surface area contributed by atoms with Gasteiger partial charge in [0, 0.05) is 25.2 Å². The van der Waals surface area contributed by atoms with Crippen molar-refractivity contribution in [1.82, 2.24) is 34.3 Å². The van der Waals surface area contributed by atoms with Crippen molar-refractivity contribution in [2.45, 2.75) is 48.1 Å². The van der Waals surface area contributed by atoms with E-state index in [9.17, 15) is 39.6 Å². The molecule has 38 heavy (non-hydrogen) atoms. The number of carboxylic acids is 4. The number of hydrogen-bond acceptors (Lipinski definition) is 9. The van der Waals surface area contributed by atoms with Crippen molar-refractivity contribution < 1.29 is 39.6 Å². The molecule has 7 heterocycles. The minimum atomic E-state index is -1.05. The number of hydrogen-bond donors (Lipinski definition) is 4. The Kier molecular flexibility index (Phi) is 4.17. The lowest BCUT2D eigenvalue weighted by Gasteiger charge is -2.09. The van der Waals surface area contributed by atoms with E-state index < -0.39 is 59.1 Å². The van der Waals surface area contributed by atoms with Crippen LogP contribution in [0.3, 0.4) is 0 Å². The van der Waals surface area contributed by atoms with Crippen LogP contribution in [0.25, 0.3) is 11.6 Å². The third-order valence-electron chi connectivity index (χ3n) is 8.04. The second kappa shape index (κ2) is 7.02. The van der Waals surface area contributed by atoms with E-state index in [2.05, 4.69) is 15.2 Å². The van der Waals surface area contributed by atoms with Gasteiger partial charge in [-0.15, -0.1) is 0 Å². The molecule has 3 aromatic heterocycles. The first-order valence-electron chi connectivity index (χ1n) is 11.7. The van der Waals surface area contributed by atoms with E-state index in [1.807, 2.05) is 0 Å². The Morgan fingerprint density at radius 2 is 1.03 bits per heavy atom. The van der Waals surface area contributed by atoms with Gasteiger partial charge in [0.05, 0.1) is 22.5 Å². The van der Waals surface area contributed by atoms with Crippen LogP contribution in [0.15, 0.2) is 42.7 Å². The van der Waals surface area contributed by atoms with Crippen LogP contribution in [-0.2, 0) is 32.0 Å². The molecule has 4 N–H and O–H groups in total. The quantitative estimate of drug-likeness (QED) is 0.224. The zero-order valence-corrected chi connectivity index (χ0v) is 19.3. The standard InChI is InChI=1S/C23H19N7O8/c31-18(32)14-22(15(19(33)34)29(14)22)8-10-4-6-27(25-10)12-2-1-3-13(24-12)28-7-5-11(26-28)9-23-16(20(35)36)30(23)17(23)21(37)38/h1-7,14-17H,8-9H2,(H,31,32)(H,33,34)(H,35,36)(H,37,38). The number of carboxylic acid groups (broad SMARTS) is 4. The summed E-state index contributed by atoms with van der Waals surface area (Å²) in [7, 11) is 0. The summed E-state index contributed by atoms with van der Waals surface area (Å²) in [5, 5.41) is 46.3. The van der Waals surface area contributed by atoms with E-state index in [4.69, 9.17) is 0 Å². The monoisotopic (exact) mass is 521 g/mol. The van der Waals surface area contributed by atoms with Crippen LogP contribution >= 0.6 is 0 Å². The van der Waals surface area contributed by atoms with Gasteiger partial charge >= 0.3 is 23.9 Å². The molecule has 0 saturated carbocycles.